The average Bonchev–Trinajstić information content (AvgIpc) is 3.09. The zero-order valence-corrected chi connectivity index (χ0v) is 21.4. The van der Waals surface area contributed by atoms with Crippen molar-refractivity contribution in [3.8, 4) is 0 Å². The summed E-state index contributed by atoms with van der Waals surface area (Å²) < 4.78 is 26.2. The standard InChI is InChI=1S/C24H30N4O4S2/c1-5-10-17(2)28-23(30)21(16-22(29)25-18-11-7-6-8-12-18)33-24(28)26-19-13-9-14-20(15-19)34(31,32)27(3)4/h6-9,11-15,17,21H,5,10,16H2,1-4H3,(H,25,29)/t17-,21-/m1/s1. The van der Waals surface area contributed by atoms with Gasteiger partial charge < -0.3 is 5.32 Å². The van der Waals surface area contributed by atoms with Gasteiger partial charge in [0.05, 0.1) is 10.6 Å². The quantitative estimate of drug-likeness (QED) is 0.557. The average molecular weight is 503 g/mol. The van der Waals surface area contributed by atoms with E-state index in [9.17, 15) is 18.0 Å². The summed E-state index contributed by atoms with van der Waals surface area (Å²) in [6.07, 6.45) is 1.68. The number of hydrogen-bond acceptors (Lipinski definition) is 6. The minimum absolute atomic E-state index is 0.0157. The lowest BCUT2D eigenvalue weighted by Crippen LogP contribution is -2.40. The summed E-state index contributed by atoms with van der Waals surface area (Å²) in [5.74, 6) is -0.412. The van der Waals surface area contributed by atoms with Crippen molar-refractivity contribution in [2.24, 2.45) is 4.99 Å². The van der Waals surface area contributed by atoms with Gasteiger partial charge in [-0.05, 0) is 43.7 Å². The van der Waals surface area contributed by atoms with Gasteiger partial charge in [-0.25, -0.2) is 17.7 Å². The van der Waals surface area contributed by atoms with E-state index in [0.717, 1.165) is 17.1 Å². The highest BCUT2D eigenvalue weighted by Crippen LogP contribution is 2.34. The van der Waals surface area contributed by atoms with Crippen LogP contribution in [-0.4, -0.2) is 60.0 Å². The number of nitrogens with one attached hydrogen (secondary N) is 1. The molecule has 0 unspecified atom stereocenters. The lowest BCUT2D eigenvalue weighted by Gasteiger charge is -2.24. The highest BCUT2D eigenvalue weighted by Gasteiger charge is 2.41. The number of benzene rings is 2. The third-order valence-electron chi connectivity index (χ3n) is 5.36. The van der Waals surface area contributed by atoms with Crippen molar-refractivity contribution in [1.29, 1.82) is 0 Å². The molecule has 1 aliphatic rings. The van der Waals surface area contributed by atoms with E-state index in [1.54, 1.807) is 29.2 Å². The van der Waals surface area contributed by atoms with E-state index in [0.29, 0.717) is 16.5 Å². The van der Waals surface area contributed by atoms with Gasteiger partial charge in [0.1, 0.15) is 5.25 Å². The summed E-state index contributed by atoms with van der Waals surface area (Å²) in [5.41, 5.74) is 1.10. The molecule has 1 saturated heterocycles. The maximum Gasteiger partial charge on any atom is 0.242 e. The maximum absolute atomic E-state index is 13.3. The lowest BCUT2D eigenvalue weighted by atomic mass is 10.1. The van der Waals surface area contributed by atoms with E-state index in [1.165, 1.54) is 38.0 Å². The Morgan fingerprint density at radius 1 is 1.18 bits per heavy atom. The lowest BCUT2D eigenvalue weighted by molar-refractivity contribution is -0.129. The Balaban J connectivity index is 1.87. The molecule has 1 fully saturated rings. The van der Waals surface area contributed by atoms with E-state index < -0.39 is 15.3 Å². The number of rotatable bonds is 9. The van der Waals surface area contributed by atoms with Crippen LogP contribution >= 0.6 is 11.8 Å². The van der Waals surface area contributed by atoms with Crippen LogP contribution < -0.4 is 5.32 Å². The second kappa shape index (κ2) is 11.2. The fourth-order valence-corrected chi connectivity index (χ4v) is 5.77. The Labute approximate surface area is 205 Å². The Bertz CT molecular complexity index is 1170. The van der Waals surface area contributed by atoms with E-state index >= 15 is 0 Å². The number of amidine groups is 1. The van der Waals surface area contributed by atoms with Crippen LogP contribution in [0.2, 0.25) is 0 Å². The number of sulfonamides is 1. The normalized spacial score (nSPS) is 18.5. The second-order valence-corrected chi connectivity index (χ2v) is 11.6. The number of nitrogens with zero attached hydrogens (tertiary/aromatic N) is 3. The van der Waals surface area contributed by atoms with Crippen LogP contribution in [0, 0.1) is 0 Å². The third-order valence-corrected chi connectivity index (χ3v) is 8.33. The summed E-state index contributed by atoms with van der Waals surface area (Å²) in [7, 11) is -0.673. The molecular weight excluding hydrogens is 472 g/mol. The summed E-state index contributed by atoms with van der Waals surface area (Å²) in [4.78, 5) is 32.3. The number of hydrogen-bond donors (Lipinski definition) is 1. The summed E-state index contributed by atoms with van der Waals surface area (Å²) >= 11 is 1.24. The van der Waals surface area contributed by atoms with Crippen molar-refractivity contribution in [2.75, 3.05) is 19.4 Å². The molecule has 1 aliphatic heterocycles. The molecule has 1 N–H and O–H groups in total. The van der Waals surface area contributed by atoms with Gasteiger partial charge in [0, 0.05) is 32.2 Å². The van der Waals surface area contributed by atoms with Gasteiger partial charge in [-0.2, -0.15) is 0 Å². The zero-order chi connectivity index (χ0) is 24.9. The van der Waals surface area contributed by atoms with Crippen LogP contribution in [-0.2, 0) is 19.6 Å². The van der Waals surface area contributed by atoms with Crippen LogP contribution in [0.3, 0.4) is 0 Å². The van der Waals surface area contributed by atoms with Gasteiger partial charge in [-0.1, -0.05) is 49.4 Å². The molecule has 0 aromatic heterocycles. The topological polar surface area (TPSA) is 99.1 Å². The van der Waals surface area contributed by atoms with Crippen molar-refractivity contribution in [2.45, 2.75) is 49.3 Å². The van der Waals surface area contributed by atoms with Gasteiger partial charge in [-0.15, -0.1) is 0 Å². The molecule has 0 saturated carbocycles. The largest absolute Gasteiger partial charge is 0.326 e. The van der Waals surface area contributed by atoms with Crippen LogP contribution in [0.1, 0.15) is 33.1 Å². The number of thioether (sulfide) groups is 1. The smallest absolute Gasteiger partial charge is 0.242 e. The number of carbonyl (C=O) groups excluding carboxylic acids is 2. The van der Waals surface area contributed by atoms with Gasteiger partial charge >= 0.3 is 0 Å². The molecule has 2 atom stereocenters. The number of anilines is 1. The summed E-state index contributed by atoms with van der Waals surface area (Å²) in [6.45, 7) is 4.00. The first-order chi connectivity index (χ1) is 16.1. The Morgan fingerprint density at radius 2 is 1.88 bits per heavy atom. The van der Waals surface area contributed by atoms with Crippen molar-refractivity contribution >= 4 is 50.1 Å². The van der Waals surface area contributed by atoms with Crippen LogP contribution in [0.4, 0.5) is 11.4 Å². The Kier molecular flexibility index (Phi) is 8.51. The third kappa shape index (κ3) is 6.05. The minimum Gasteiger partial charge on any atom is -0.326 e. The highest BCUT2D eigenvalue weighted by atomic mass is 32.2. The van der Waals surface area contributed by atoms with E-state index in [1.807, 2.05) is 32.0 Å². The highest BCUT2D eigenvalue weighted by molar-refractivity contribution is 8.15. The first-order valence-electron chi connectivity index (χ1n) is 11.1. The maximum atomic E-state index is 13.3. The first-order valence-corrected chi connectivity index (χ1v) is 13.4. The monoisotopic (exact) mass is 502 g/mol. The number of para-hydroxylation sites is 1. The molecule has 0 spiro atoms. The molecular formula is C24H30N4O4S2. The summed E-state index contributed by atoms with van der Waals surface area (Å²) in [6, 6.07) is 15.3. The second-order valence-electron chi connectivity index (χ2n) is 8.25. The molecule has 0 radical (unpaired) electrons. The molecule has 0 bridgehead atoms. The molecule has 3 rings (SSSR count). The van der Waals surface area contributed by atoms with Gasteiger partial charge in [0.25, 0.3) is 0 Å². The Hall–Kier alpha value is -2.69. The molecule has 0 aliphatic carbocycles. The number of aliphatic imine (C=N–C) groups is 1. The molecule has 10 heteroatoms. The van der Waals surface area contributed by atoms with Gasteiger partial charge in [-0.3, -0.25) is 14.5 Å². The van der Waals surface area contributed by atoms with E-state index in [-0.39, 0.29) is 29.2 Å². The number of carbonyl (C=O) groups is 2. The SMILES string of the molecule is CCC[C@@H](C)N1C(=O)[C@@H](CC(=O)Nc2ccccc2)SC1=Nc1cccc(S(=O)(=O)N(C)C)c1. The predicted molar refractivity (Wildman–Crippen MR) is 137 cm³/mol. The Morgan fingerprint density at radius 3 is 2.53 bits per heavy atom. The fraction of sp³-hybridized carbons (Fsp3) is 0.375. The first kappa shape index (κ1) is 25.9. The van der Waals surface area contributed by atoms with Crippen molar-refractivity contribution in [3.63, 3.8) is 0 Å². The minimum atomic E-state index is -3.61. The molecule has 2 aromatic carbocycles. The van der Waals surface area contributed by atoms with Crippen molar-refractivity contribution < 1.29 is 18.0 Å². The molecule has 2 amide bonds. The fourth-order valence-electron chi connectivity index (χ4n) is 3.58. The van der Waals surface area contributed by atoms with Crippen LogP contribution in [0.5, 0.6) is 0 Å². The zero-order valence-electron chi connectivity index (χ0n) is 19.8. The molecule has 1 heterocycles. The molecule has 34 heavy (non-hydrogen) atoms. The number of amides is 2. The van der Waals surface area contributed by atoms with Gasteiger partial charge in [0.15, 0.2) is 5.17 Å². The van der Waals surface area contributed by atoms with Crippen molar-refractivity contribution in [3.05, 3.63) is 54.6 Å². The van der Waals surface area contributed by atoms with E-state index in [4.69, 9.17) is 0 Å². The van der Waals surface area contributed by atoms with E-state index in [2.05, 4.69) is 10.3 Å². The molecule has 182 valence electrons. The summed E-state index contributed by atoms with van der Waals surface area (Å²) in [5, 5.41) is 2.70. The predicted octanol–water partition coefficient (Wildman–Crippen LogP) is 4.09. The van der Waals surface area contributed by atoms with Crippen LogP contribution in [0.15, 0.2) is 64.5 Å². The van der Waals surface area contributed by atoms with Crippen molar-refractivity contribution in [1.82, 2.24) is 9.21 Å². The molecule has 2 aromatic rings. The van der Waals surface area contributed by atoms with Gasteiger partial charge in [0.2, 0.25) is 21.8 Å². The molecule has 8 nitrogen and oxygen atoms in total. The van der Waals surface area contributed by atoms with Crippen LogP contribution in [0.25, 0.3) is 0 Å².